The van der Waals surface area contributed by atoms with Crippen LogP contribution in [0, 0.1) is 20.8 Å². The number of rotatable bonds is 5. The molecular weight excluding hydrogens is 382 g/mol. The Morgan fingerprint density at radius 3 is 2.42 bits per heavy atom. The molecule has 2 aromatic carbocycles. The lowest BCUT2D eigenvalue weighted by molar-refractivity contribution is 0.613. The summed E-state index contributed by atoms with van der Waals surface area (Å²) in [7, 11) is 0. The number of aromatic nitrogens is 3. The molecule has 0 bridgehead atoms. The van der Waals surface area contributed by atoms with E-state index in [2.05, 4.69) is 55.7 Å². The largest absolute Gasteiger partial charge is 0.308 e. The van der Waals surface area contributed by atoms with E-state index in [1.54, 1.807) is 4.57 Å². The smallest absolute Gasteiger partial charge is 0.258 e. The molecule has 4 aromatic rings. The molecule has 0 aliphatic carbocycles. The summed E-state index contributed by atoms with van der Waals surface area (Å²) in [6.45, 7) is 12.4. The number of nitrogens with zero attached hydrogens (tertiary/aromatic N) is 3. The van der Waals surface area contributed by atoms with E-state index in [1.165, 1.54) is 5.56 Å². The number of benzene rings is 2. The zero-order chi connectivity index (χ0) is 22.1. The molecular formula is C27H27N3O. The zero-order valence-electron chi connectivity index (χ0n) is 18.5. The lowest BCUT2D eigenvalue weighted by Crippen LogP contribution is -2.26. The van der Waals surface area contributed by atoms with Crippen molar-refractivity contribution in [1.82, 2.24) is 14.1 Å². The van der Waals surface area contributed by atoms with E-state index in [4.69, 9.17) is 0 Å². The van der Waals surface area contributed by atoms with Crippen molar-refractivity contribution in [1.29, 1.82) is 0 Å². The van der Waals surface area contributed by atoms with Gasteiger partial charge in [-0.2, -0.15) is 0 Å². The van der Waals surface area contributed by atoms with Gasteiger partial charge < -0.3 is 9.13 Å². The predicted molar refractivity (Wildman–Crippen MR) is 127 cm³/mol. The maximum atomic E-state index is 13.3. The monoisotopic (exact) mass is 409 g/mol. The van der Waals surface area contributed by atoms with Crippen LogP contribution in [0.4, 0.5) is 0 Å². The van der Waals surface area contributed by atoms with Crippen molar-refractivity contribution < 1.29 is 0 Å². The summed E-state index contributed by atoms with van der Waals surface area (Å²) in [6, 6.07) is 18.2. The van der Waals surface area contributed by atoms with Gasteiger partial charge in [0.05, 0.1) is 18.1 Å². The Labute approximate surface area is 183 Å². The van der Waals surface area contributed by atoms with Gasteiger partial charge in [-0.05, 0) is 74.2 Å². The quantitative estimate of drug-likeness (QED) is 0.428. The van der Waals surface area contributed by atoms with E-state index in [1.807, 2.05) is 61.4 Å². The van der Waals surface area contributed by atoms with Crippen LogP contribution in [0.2, 0.25) is 0 Å². The fourth-order valence-corrected chi connectivity index (χ4v) is 3.89. The first-order chi connectivity index (χ1) is 14.8. The summed E-state index contributed by atoms with van der Waals surface area (Å²) in [4.78, 5) is 17.6. The molecule has 0 radical (unpaired) electrons. The molecule has 156 valence electrons. The second-order valence-electron chi connectivity index (χ2n) is 8.12. The Morgan fingerprint density at radius 2 is 1.77 bits per heavy atom. The summed E-state index contributed by atoms with van der Waals surface area (Å²) in [5.74, 6) is 0. The van der Waals surface area contributed by atoms with Crippen LogP contribution in [0.5, 0.6) is 0 Å². The average molecular weight is 410 g/mol. The van der Waals surface area contributed by atoms with E-state index in [9.17, 15) is 4.79 Å². The normalized spacial score (nSPS) is 12.0. The Hall–Kier alpha value is -3.66. The van der Waals surface area contributed by atoms with Crippen LogP contribution in [0.25, 0.3) is 11.3 Å². The fraction of sp³-hybridized carbons (Fsp3) is 0.185. The molecule has 0 N–H and O–H groups in total. The summed E-state index contributed by atoms with van der Waals surface area (Å²) in [6.07, 6.45) is 5.66. The maximum Gasteiger partial charge on any atom is 0.258 e. The van der Waals surface area contributed by atoms with Crippen molar-refractivity contribution in [3.05, 3.63) is 124 Å². The van der Waals surface area contributed by atoms with Gasteiger partial charge in [0.15, 0.2) is 0 Å². The molecule has 4 rings (SSSR count). The van der Waals surface area contributed by atoms with Gasteiger partial charge in [-0.25, -0.2) is 4.98 Å². The Morgan fingerprint density at radius 1 is 1.03 bits per heavy atom. The van der Waals surface area contributed by atoms with Crippen LogP contribution < -0.4 is 5.56 Å². The lowest BCUT2D eigenvalue weighted by atomic mass is 9.98. The van der Waals surface area contributed by atoms with Gasteiger partial charge >= 0.3 is 0 Å². The van der Waals surface area contributed by atoms with Crippen LogP contribution in [0.3, 0.4) is 0 Å². The summed E-state index contributed by atoms with van der Waals surface area (Å²) >= 11 is 0. The van der Waals surface area contributed by atoms with Gasteiger partial charge in [-0.3, -0.25) is 4.79 Å². The second-order valence-corrected chi connectivity index (χ2v) is 8.12. The third-order valence-corrected chi connectivity index (χ3v) is 5.81. The first kappa shape index (κ1) is 20.6. The standard InChI is InChI=1S/C27H27N3O/c1-18-8-10-23(11-9-18)22(5)30-14-6-7-25(27(30)31)21(4)24-12-13-26(19(2)15-24)29-16-20(3)28-17-29/h6-17,22H,4H2,1-3,5H3. The molecule has 1 atom stereocenters. The highest BCUT2D eigenvalue weighted by Crippen LogP contribution is 2.25. The van der Waals surface area contributed by atoms with E-state index >= 15 is 0 Å². The highest BCUT2D eigenvalue weighted by atomic mass is 16.1. The minimum atomic E-state index is -0.0607. The Bertz CT molecular complexity index is 1310. The third-order valence-electron chi connectivity index (χ3n) is 5.81. The number of hydrogen-bond acceptors (Lipinski definition) is 2. The highest BCUT2D eigenvalue weighted by molar-refractivity contribution is 5.78. The zero-order valence-corrected chi connectivity index (χ0v) is 18.5. The van der Waals surface area contributed by atoms with Gasteiger partial charge in [0.2, 0.25) is 0 Å². The third kappa shape index (κ3) is 4.02. The van der Waals surface area contributed by atoms with Crippen molar-refractivity contribution in [2.45, 2.75) is 33.7 Å². The summed E-state index contributed by atoms with van der Waals surface area (Å²) < 4.78 is 3.79. The molecule has 31 heavy (non-hydrogen) atoms. The van der Waals surface area contributed by atoms with Crippen molar-refractivity contribution in [2.75, 3.05) is 0 Å². The molecule has 0 aliphatic rings. The van der Waals surface area contributed by atoms with Crippen LogP contribution in [-0.2, 0) is 0 Å². The number of hydrogen-bond donors (Lipinski definition) is 0. The van der Waals surface area contributed by atoms with Gasteiger partial charge in [-0.15, -0.1) is 0 Å². The van der Waals surface area contributed by atoms with Gasteiger partial charge in [0.25, 0.3) is 5.56 Å². The van der Waals surface area contributed by atoms with Gasteiger partial charge in [-0.1, -0.05) is 42.5 Å². The number of imidazole rings is 1. The SMILES string of the molecule is C=C(c1ccc(-n2cnc(C)c2)c(C)c1)c1cccn(C(C)c2ccc(C)cc2)c1=O. The molecule has 0 saturated heterocycles. The van der Waals surface area contributed by atoms with Crippen molar-refractivity contribution in [2.24, 2.45) is 0 Å². The van der Waals surface area contributed by atoms with E-state index in [-0.39, 0.29) is 11.6 Å². The maximum absolute atomic E-state index is 13.3. The van der Waals surface area contributed by atoms with Crippen LogP contribution in [-0.4, -0.2) is 14.1 Å². The van der Waals surface area contributed by atoms with Crippen molar-refractivity contribution >= 4 is 5.57 Å². The molecule has 0 saturated carbocycles. The topological polar surface area (TPSA) is 39.8 Å². The summed E-state index contributed by atoms with van der Waals surface area (Å²) in [5, 5.41) is 0. The number of aryl methyl sites for hydroxylation is 3. The minimum Gasteiger partial charge on any atom is -0.308 e. The summed E-state index contributed by atoms with van der Waals surface area (Å²) in [5.41, 5.74) is 7.69. The molecule has 2 aromatic heterocycles. The first-order valence-corrected chi connectivity index (χ1v) is 10.4. The van der Waals surface area contributed by atoms with Crippen LogP contribution in [0.1, 0.15) is 46.5 Å². The van der Waals surface area contributed by atoms with E-state index in [0.717, 1.165) is 33.6 Å². The average Bonchev–Trinajstić information content (AvgIpc) is 3.19. The fourth-order valence-electron chi connectivity index (χ4n) is 3.89. The Balaban J connectivity index is 1.68. The van der Waals surface area contributed by atoms with E-state index < -0.39 is 0 Å². The van der Waals surface area contributed by atoms with Crippen molar-refractivity contribution in [3.8, 4) is 5.69 Å². The first-order valence-electron chi connectivity index (χ1n) is 10.4. The number of pyridine rings is 1. The second kappa shape index (κ2) is 8.23. The molecule has 1 unspecified atom stereocenters. The molecule has 4 heteroatoms. The van der Waals surface area contributed by atoms with Crippen LogP contribution >= 0.6 is 0 Å². The van der Waals surface area contributed by atoms with Gasteiger partial charge in [0.1, 0.15) is 0 Å². The molecule has 0 spiro atoms. The highest BCUT2D eigenvalue weighted by Gasteiger charge is 2.15. The molecule has 0 amide bonds. The van der Waals surface area contributed by atoms with Crippen LogP contribution in [0.15, 0.2) is 84.7 Å². The Kier molecular flexibility index (Phi) is 5.47. The molecule has 4 nitrogen and oxygen atoms in total. The lowest BCUT2D eigenvalue weighted by Gasteiger charge is -2.18. The molecule has 0 aliphatic heterocycles. The van der Waals surface area contributed by atoms with Crippen molar-refractivity contribution in [3.63, 3.8) is 0 Å². The minimum absolute atomic E-state index is 0.0347. The molecule has 0 fully saturated rings. The van der Waals surface area contributed by atoms with Gasteiger partial charge in [0, 0.05) is 23.6 Å². The predicted octanol–water partition coefficient (Wildman–Crippen LogP) is 5.63. The van der Waals surface area contributed by atoms with E-state index in [0.29, 0.717) is 5.56 Å². The molecule has 2 heterocycles.